The zero-order valence-corrected chi connectivity index (χ0v) is 23.5. The molecule has 2 N–H and O–H groups in total. The number of amides is 1. The molecule has 0 aliphatic rings. The fraction of sp³-hybridized carbons (Fsp3) is 0.0357. The minimum absolute atomic E-state index is 0.134. The van der Waals surface area contributed by atoms with Gasteiger partial charge in [0.15, 0.2) is 0 Å². The predicted octanol–water partition coefficient (Wildman–Crippen LogP) is 6.19. The molecule has 0 spiro atoms. The summed E-state index contributed by atoms with van der Waals surface area (Å²) in [6, 6.07) is 23.6. The third-order valence-electron chi connectivity index (χ3n) is 5.35. The monoisotopic (exact) mass is 625 g/mol. The highest BCUT2D eigenvalue weighted by atomic mass is 79.9. The predicted molar refractivity (Wildman–Crippen MR) is 154 cm³/mol. The normalized spacial score (nSPS) is 11.3. The number of carbonyl (C=O) groups excluding carboxylic acids is 2. The number of anilines is 1. The Hall–Kier alpha value is -3.99. The van der Waals surface area contributed by atoms with Crippen LogP contribution in [-0.2, 0) is 10.0 Å². The molecule has 0 fully saturated rings. The van der Waals surface area contributed by atoms with Crippen molar-refractivity contribution in [1.82, 2.24) is 5.43 Å². The number of ether oxygens (including phenoxy) is 1. The number of hydrazone groups is 1. The lowest BCUT2D eigenvalue weighted by Gasteiger charge is -2.09. The van der Waals surface area contributed by atoms with E-state index in [0.29, 0.717) is 26.3 Å². The summed E-state index contributed by atoms with van der Waals surface area (Å²) in [6.45, 7) is 1.87. The highest BCUT2D eigenvalue weighted by molar-refractivity contribution is 9.10. The molecule has 39 heavy (non-hydrogen) atoms. The van der Waals surface area contributed by atoms with Crippen LogP contribution in [0.4, 0.5) is 5.69 Å². The van der Waals surface area contributed by atoms with Crippen molar-refractivity contribution in [2.24, 2.45) is 5.10 Å². The van der Waals surface area contributed by atoms with Gasteiger partial charge < -0.3 is 4.74 Å². The maximum atomic E-state index is 12.6. The number of nitrogens with zero attached hydrogens (tertiary/aromatic N) is 1. The molecule has 0 aromatic heterocycles. The van der Waals surface area contributed by atoms with E-state index in [9.17, 15) is 18.0 Å². The number of halogens is 2. The van der Waals surface area contributed by atoms with Gasteiger partial charge in [-0.3, -0.25) is 9.52 Å². The highest BCUT2D eigenvalue weighted by Crippen LogP contribution is 2.23. The van der Waals surface area contributed by atoms with Gasteiger partial charge in [-0.15, -0.1) is 0 Å². The van der Waals surface area contributed by atoms with Crippen LogP contribution in [0.5, 0.6) is 5.75 Å². The molecule has 0 bridgehead atoms. The van der Waals surface area contributed by atoms with Crippen molar-refractivity contribution in [3.05, 3.63) is 123 Å². The summed E-state index contributed by atoms with van der Waals surface area (Å²) in [6.07, 6.45) is 1.34. The molecular formula is C28H21BrClN3O5S. The average Bonchev–Trinajstić information content (AvgIpc) is 2.91. The van der Waals surface area contributed by atoms with E-state index in [1.54, 1.807) is 54.6 Å². The van der Waals surface area contributed by atoms with Crippen LogP contribution in [-0.4, -0.2) is 26.5 Å². The quantitative estimate of drug-likeness (QED) is 0.105. The summed E-state index contributed by atoms with van der Waals surface area (Å²) < 4.78 is 33.8. The molecule has 8 nitrogen and oxygen atoms in total. The fourth-order valence-electron chi connectivity index (χ4n) is 3.30. The van der Waals surface area contributed by atoms with Crippen LogP contribution in [0.3, 0.4) is 0 Å². The van der Waals surface area contributed by atoms with Gasteiger partial charge in [0.1, 0.15) is 5.75 Å². The SMILES string of the molecule is Cc1ccc(S(=O)(=O)Nc2ccc(C(=O)N/N=C/c3cc(Br)ccc3OC(=O)c3ccc(Cl)cc3)cc2)cc1. The topological polar surface area (TPSA) is 114 Å². The van der Waals surface area contributed by atoms with E-state index in [1.807, 2.05) is 6.92 Å². The van der Waals surface area contributed by atoms with Crippen LogP contribution in [0.25, 0.3) is 0 Å². The number of hydrogen-bond acceptors (Lipinski definition) is 6. The summed E-state index contributed by atoms with van der Waals surface area (Å²) >= 11 is 9.24. The number of rotatable bonds is 8. The van der Waals surface area contributed by atoms with Gasteiger partial charge in [0.25, 0.3) is 15.9 Å². The summed E-state index contributed by atoms with van der Waals surface area (Å²) in [7, 11) is -3.76. The Kier molecular flexibility index (Phi) is 8.80. The van der Waals surface area contributed by atoms with Crippen LogP contribution < -0.4 is 14.9 Å². The van der Waals surface area contributed by atoms with Crippen molar-refractivity contribution in [3.8, 4) is 5.75 Å². The summed E-state index contributed by atoms with van der Waals surface area (Å²) in [4.78, 5) is 25.2. The van der Waals surface area contributed by atoms with E-state index in [4.69, 9.17) is 16.3 Å². The first-order valence-electron chi connectivity index (χ1n) is 11.4. The molecule has 4 aromatic carbocycles. The third kappa shape index (κ3) is 7.53. The van der Waals surface area contributed by atoms with Gasteiger partial charge in [0.05, 0.1) is 16.7 Å². The number of benzene rings is 4. The Morgan fingerprint density at radius 1 is 0.897 bits per heavy atom. The second-order valence-electron chi connectivity index (χ2n) is 8.27. The van der Waals surface area contributed by atoms with Crippen molar-refractivity contribution in [2.75, 3.05) is 4.72 Å². The van der Waals surface area contributed by atoms with Crippen molar-refractivity contribution < 1.29 is 22.7 Å². The van der Waals surface area contributed by atoms with E-state index in [0.717, 1.165) is 5.56 Å². The van der Waals surface area contributed by atoms with Gasteiger partial charge in [0.2, 0.25) is 0 Å². The largest absolute Gasteiger partial charge is 0.422 e. The van der Waals surface area contributed by atoms with Gasteiger partial charge in [-0.1, -0.05) is 45.2 Å². The van der Waals surface area contributed by atoms with Crippen LogP contribution in [0.2, 0.25) is 5.02 Å². The highest BCUT2D eigenvalue weighted by Gasteiger charge is 2.15. The molecule has 0 radical (unpaired) electrons. The molecule has 0 unspecified atom stereocenters. The van der Waals surface area contributed by atoms with Crippen LogP contribution in [0, 0.1) is 6.92 Å². The van der Waals surface area contributed by atoms with Gasteiger partial charge in [0, 0.05) is 26.3 Å². The first-order chi connectivity index (χ1) is 18.6. The lowest BCUT2D eigenvalue weighted by atomic mass is 10.2. The van der Waals surface area contributed by atoms with E-state index in [1.165, 1.54) is 42.6 Å². The molecule has 4 aromatic rings. The number of sulfonamides is 1. The first-order valence-corrected chi connectivity index (χ1v) is 14.1. The second kappa shape index (κ2) is 12.2. The Morgan fingerprint density at radius 3 is 2.21 bits per heavy atom. The third-order valence-corrected chi connectivity index (χ3v) is 7.50. The maximum absolute atomic E-state index is 12.6. The first kappa shape index (κ1) is 28.0. The molecule has 0 heterocycles. The zero-order chi connectivity index (χ0) is 28.0. The minimum atomic E-state index is -3.76. The van der Waals surface area contributed by atoms with Crippen molar-refractivity contribution in [2.45, 2.75) is 11.8 Å². The number of nitrogens with one attached hydrogen (secondary N) is 2. The molecule has 4 rings (SSSR count). The number of esters is 1. The Balaban J connectivity index is 1.40. The standard InChI is InChI=1S/C28H21BrClN3O5S/c1-18-2-13-25(14-3-18)39(36,37)33-24-11-6-19(7-12-24)27(34)32-31-17-21-16-22(29)8-15-26(21)38-28(35)20-4-9-23(30)10-5-20/h2-17,33H,1H3,(H,32,34)/b31-17+. The Bertz CT molecular complexity index is 1640. The molecule has 0 aliphatic carbocycles. The summed E-state index contributed by atoms with van der Waals surface area (Å²) in [5, 5.41) is 4.47. The molecule has 198 valence electrons. The molecule has 1 amide bonds. The van der Waals surface area contributed by atoms with Crippen LogP contribution in [0.1, 0.15) is 31.8 Å². The fourth-order valence-corrected chi connectivity index (χ4v) is 4.87. The van der Waals surface area contributed by atoms with Crippen LogP contribution in [0.15, 0.2) is 105 Å². The zero-order valence-electron chi connectivity index (χ0n) is 20.4. The molecule has 11 heteroatoms. The van der Waals surface area contributed by atoms with E-state index < -0.39 is 21.9 Å². The maximum Gasteiger partial charge on any atom is 0.343 e. The summed E-state index contributed by atoms with van der Waals surface area (Å²) in [5.41, 5.74) is 4.67. The molecule has 0 saturated carbocycles. The Labute approximate surface area is 238 Å². The van der Waals surface area contributed by atoms with Crippen LogP contribution >= 0.6 is 27.5 Å². The average molecular weight is 627 g/mol. The molecule has 0 atom stereocenters. The van der Waals surface area contributed by atoms with Gasteiger partial charge in [-0.05, 0) is 85.8 Å². The number of aryl methyl sites for hydroxylation is 1. The van der Waals surface area contributed by atoms with E-state index >= 15 is 0 Å². The minimum Gasteiger partial charge on any atom is -0.422 e. The lowest BCUT2D eigenvalue weighted by molar-refractivity contribution is 0.0734. The van der Waals surface area contributed by atoms with E-state index in [-0.39, 0.29) is 16.2 Å². The van der Waals surface area contributed by atoms with Crippen molar-refractivity contribution in [3.63, 3.8) is 0 Å². The molecular weight excluding hydrogens is 606 g/mol. The summed E-state index contributed by atoms with van der Waals surface area (Å²) in [5.74, 6) is -0.860. The van der Waals surface area contributed by atoms with Gasteiger partial charge in [-0.25, -0.2) is 18.6 Å². The van der Waals surface area contributed by atoms with Crippen molar-refractivity contribution in [1.29, 1.82) is 0 Å². The Morgan fingerprint density at radius 2 is 1.54 bits per heavy atom. The van der Waals surface area contributed by atoms with Gasteiger partial charge in [-0.2, -0.15) is 5.10 Å². The second-order valence-corrected chi connectivity index (χ2v) is 11.3. The smallest absolute Gasteiger partial charge is 0.343 e. The number of hydrogen-bond donors (Lipinski definition) is 2. The molecule has 0 saturated heterocycles. The number of carbonyl (C=O) groups is 2. The van der Waals surface area contributed by atoms with Gasteiger partial charge >= 0.3 is 5.97 Å². The van der Waals surface area contributed by atoms with Crippen molar-refractivity contribution >= 4 is 61.3 Å². The molecule has 0 aliphatic heterocycles. The van der Waals surface area contributed by atoms with E-state index in [2.05, 4.69) is 31.2 Å². The lowest BCUT2D eigenvalue weighted by Crippen LogP contribution is -2.18.